The molecule has 1 aliphatic carbocycles. The SMILES string of the molecule is COC(=O)C1CSC(CC(N)(O)OC(c2ccccc2)(c2ccccc2)C2(C(=O)OC(C)(C)C)C=CC=CC2)N1. The first kappa shape index (κ1) is 30.0. The summed E-state index contributed by atoms with van der Waals surface area (Å²) >= 11 is 1.44. The molecule has 0 bridgehead atoms. The van der Waals surface area contributed by atoms with E-state index in [1.54, 1.807) is 12.2 Å². The number of nitrogens with one attached hydrogen (secondary N) is 1. The summed E-state index contributed by atoms with van der Waals surface area (Å²) in [6, 6.07) is 18.1. The molecule has 0 amide bonds. The van der Waals surface area contributed by atoms with Crippen LogP contribution in [0.2, 0.25) is 0 Å². The Labute approximate surface area is 240 Å². The van der Waals surface area contributed by atoms with Gasteiger partial charge in [0.25, 0.3) is 0 Å². The number of allylic oxidation sites excluding steroid dienone is 3. The molecule has 1 fully saturated rings. The van der Waals surface area contributed by atoms with E-state index in [9.17, 15) is 14.7 Å². The normalized spacial score (nSPS) is 24.4. The van der Waals surface area contributed by atoms with Crippen LogP contribution in [0.5, 0.6) is 0 Å². The van der Waals surface area contributed by atoms with E-state index >= 15 is 0 Å². The summed E-state index contributed by atoms with van der Waals surface area (Å²) in [4.78, 5) is 26.4. The Morgan fingerprint density at radius 1 is 1.05 bits per heavy atom. The second kappa shape index (κ2) is 11.9. The van der Waals surface area contributed by atoms with Crippen LogP contribution in [-0.4, -0.2) is 52.8 Å². The average molecular weight is 567 g/mol. The molecule has 4 unspecified atom stereocenters. The summed E-state index contributed by atoms with van der Waals surface area (Å²) in [5.41, 5.74) is 3.99. The Hall–Kier alpha value is -2.95. The molecular formula is C31H38N2O6S. The van der Waals surface area contributed by atoms with E-state index in [-0.39, 0.29) is 18.8 Å². The summed E-state index contributed by atoms with van der Waals surface area (Å²) in [5.74, 6) is -2.66. The highest BCUT2D eigenvalue weighted by atomic mass is 32.2. The van der Waals surface area contributed by atoms with Crippen LogP contribution in [0.3, 0.4) is 0 Å². The van der Waals surface area contributed by atoms with Crippen molar-refractivity contribution in [3.05, 3.63) is 96.1 Å². The van der Waals surface area contributed by atoms with Crippen molar-refractivity contribution in [3.8, 4) is 0 Å². The number of hydrogen-bond acceptors (Lipinski definition) is 9. The highest BCUT2D eigenvalue weighted by Crippen LogP contribution is 2.55. The largest absolute Gasteiger partial charge is 0.468 e. The van der Waals surface area contributed by atoms with Gasteiger partial charge < -0.3 is 19.3 Å². The summed E-state index contributed by atoms with van der Waals surface area (Å²) in [6.07, 6.45) is 7.49. The summed E-state index contributed by atoms with van der Waals surface area (Å²) in [6.45, 7) is 5.44. The van der Waals surface area contributed by atoms with Gasteiger partial charge in [-0.15, -0.1) is 11.8 Å². The monoisotopic (exact) mass is 566 g/mol. The predicted molar refractivity (Wildman–Crippen MR) is 155 cm³/mol. The summed E-state index contributed by atoms with van der Waals surface area (Å²) < 4.78 is 17.6. The summed E-state index contributed by atoms with van der Waals surface area (Å²) in [7, 11) is 1.33. The number of hydrogen-bond donors (Lipinski definition) is 3. The first-order valence-electron chi connectivity index (χ1n) is 13.3. The molecule has 0 saturated carbocycles. The first-order valence-corrected chi connectivity index (χ1v) is 14.3. The Morgan fingerprint density at radius 2 is 1.65 bits per heavy atom. The molecular weight excluding hydrogens is 528 g/mol. The van der Waals surface area contributed by atoms with E-state index in [4.69, 9.17) is 19.9 Å². The van der Waals surface area contributed by atoms with Gasteiger partial charge in [0.05, 0.1) is 12.5 Å². The third-order valence-electron chi connectivity index (χ3n) is 6.96. The number of thioether (sulfide) groups is 1. The van der Waals surface area contributed by atoms with Crippen molar-refractivity contribution >= 4 is 23.7 Å². The minimum Gasteiger partial charge on any atom is -0.468 e. The fraction of sp³-hybridized carbons (Fsp3) is 0.419. The molecule has 0 aromatic heterocycles. The Bertz CT molecular complexity index is 1200. The lowest BCUT2D eigenvalue weighted by molar-refractivity contribution is -0.284. The summed E-state index contributed by atoms with van der Waals surface area (Å²) in [5, 5.41) is 14.5. The van der Waals surface area contributed by atoms with E-state index in [1.165, 1.54) is 18.9 Å². The fourth-order valence-corrected chi connectivity index (χ4v) is 6.56. The predicted octanol–water partition coefficient (Wildman–Crippen LogP) is 3.99. The van der Waals surface area contributed by atoms with Gasteiger partial charge in [-0.25, -0.2) is 0 Å². The zero-order valence-electron chi connectivity index (χ0n) is 23.3. The van der Waals surface area contributed by atoms with Gasteiger partial charge in [0.1, 0.15) is 22.7 Å². The third kappa shape index (κ3) is 6.19. The highest BCUT2D eigenvalue weighted by molar-refractivity contribution is 8.00. The van der Waals surface area contributed by atoms with Crippen LogP contribution in [-0.2, 0) is 29.4 Å². The molecule has 1 heterocycles. The maximum atomic E-state index is 14.3. The Morgan fingerprint density at radius 3 is 2.15 bits per heavy atom. The number of esters is 2. The lowest BCUT2D eigenvalue weighted by Gasteiger charge is -2.51. The van der Waals surface area contributed by atoms with Crippen LogP contribution in [0.4, 0.5) is 0 Å². The number of nitrogens with two attached hydrogens (primary N) is 1. The smallest absolute Gasteiger partial charge is 0.323 e. The van der Waals surface area contributed by atoms with E-state index < -0.39 is 39.9 Å². The number of aliphatic hydroxyl groups is 1. The Balaban J connectivity index is 1.88. The molecule has 4 atom stereocenters. The Kier molecular flexibility index (Phi) is 8.92. The highest BCUT2D eigenvalue weighted by Gasteiger charge is 2.62. The van der Waals surface area contributed by atoms with Gasteiger partial charge in [-0.05, 0) is 38.3 Å². The third-order valence-corrected chi connectivity index (χ3v) is 8.20. The quantitative estimate of drug-likeness (QED) is 0.306. The standard InChI is InChI=1S/C31H38N2O6S/c1-28(2,3)38-27(35)29(18-12-7-13-19-29)31(22-14-8-5-9-15-22,23-16-10-6-11-17-23)39-30(32,36)20-25-33-24(21-40-25)26(34)37-4/h5-18,24-25,33,36H,19-21,32H2,1-4H3. The molecule has 4 rings (SSSR count). The number of methoxy groups -OCH3 is 1. The maximum absolute atomic E-state index is 14.3. The molecule has 0 radical (unpaired) electrons. The number of rotatable bonds is 9. The van der Waals surface area contributed by atoms with Crippen LogP contribution in [0.1, 0.15) is 44.7 Å². The number of carbonyl (C=O) groups excluding carboxylic acids is 2. The number of carbonyl (C=O) groups is 2. The van der Waals surface area contributed by atoms with Gasteiger partial charge in [-0.1, -0.05) is 85.0 Å². The van der Waals surface area contributed by atoms with Crippen molar-refractivity contribution < 1.29 is 28.9 Å². The molecule has 8 nitrogen and oxygen atoms in total. The van der Waals surface area contributed by atoms with Gasteiger partial charge in [0.15, 0.2) is 0 Å². The van der Waals surface area contributed by atoms with E-state index in [0.29, 0.717) is 16.9 Å². The second-order valence-corrected chi connectivity index (χ2v) is 12.3. The van der Waals surface area contributed by atoms with Crippen LogP contribution in [0.25, 0.3) is 0 Å². The van der Waals surface area contributed by atoms with Gasteiger partial charge in [-0.2, -0.15) is 0 Å². The van der Waals surface area contributed by atoms with E-state index in [2.05, 4.69) is 5.32 Å². The average Bonchev–Trinajstić information content (AvgIpc) is 3.39. The second-order valence-electron chi connectivity index (χ2n) is 11.1. The molecule has 9 heteroatoms. The van der Waals surface area contributed by atoms with Gasteiger partial charge in [-0.3, -0.25) is 20.6 Å². The van der Waals surface area contributed by atoms with Crippen molar-refractivity contribution in [1.82, 2.24) is 5.32 Å². The van der Waals surface area contributed by atoms with Crippen LogP contribution < -0.4 is 11.1 Å². The van der Waals surface area contributed by atoms with Crippen molar-refractivity contribution in [2.45, 2.75) is 62.1 Å². The number of ether oxygens (including phenoxy) is 3. The number of benzene rings is 2. The van der Waals surface area contributed by atoms with Crippen LogP contribution >= 0.6 is 11.8 Å². The fourth-order valence-electron chi connectivity index (χ4n) is 5.28. The zero-order chi connectivity index (χ0) is 29.0. The molecule has 4 N–H and O–H groups in total. The lowest BCUT2D eigenvalue weighted by Crippen LogP contribution is -2.61. The van der Waals surface area contributed by atoms with Gasteiger partial charge in [0.2, 0.25) is 5.91 Å². The van der Waals surface area contributed by atoms with E-state index in [0.717, 1.165) is 0 Å². The molecule has 40 heavy (non-hydrogen) atoms. The van der Waals surface area contributed by atoms with Gasteiger partial charge in [0, 0.05) is 12.2 Å². The minimum absolute atomic E-state index is 0.0729. The molecule has 2 aromatic rings. The maximum Gasteiger partial charge on any atom is 0.323 e. The van der Waals surface area contributed by atoms with Gasteiger partial charge >= 0.3 is 11.9 Å². The molecule has 1 aliphatic heterocycles. The van der Waals surface area contributed by atoms with Crippen molar-refractivity contribution in [3.63, 3.8) is 0 Å². The van der Waals surface area contributed by atoms with Crippen LogP contribution in [0.15, 0.2) is 85.0 Å². The molecule has 2 aromatic carbocycles. The zero-order valence-corrected chi connectivity index (χ0v) is 24.1. The van der Waals surface area contributed by atoms with Crippen molar-refractivity contribution in [2.24, 2.45) is 11.1 Å². The van der Waals surface area contributed by atoms with Crippen LogP contribution in [0, 0.1) is 5.41 Å². The lowest BCUT2D eigenvalue weighted by atomic mass is 9.61. The van der Waals surface area contributed by atoms with E-state index in [1.807, 2.05) is 93.6 Å². The topological polar surface area (TPSA) is 120 Å². The molecule has 1 saturated heterocycles. The minimum atomic E-state index is -2.23. The van der Waals surface area contributed by atoms with Crippen molar-refractivity contribution in [1.29, 1.82) is 0 Å². The molecule has 0 spiro atoms. The van der Waals surface area contributed by atoms with Crippen molar-refractivity contribution in [2.75, 3.05) is 12.9 Å². The molecule has 214 valence electrons. The molecule has 2 aliphatic rings. The first-order chi connectivity index (χ1) is 18.9.